The van der Waals surface area contributed by atoms with Gasteiger partial charge in [-0.25, -0.2) is 0 Å². The molecule has 3 aromatic carbocycles. The van der Waals surface area contributed by atoms with E-state index in [9.17, 15) is 14.9 Å². The number of amides is 1. The van der Waals surface area contributed by atoms with Crippen LogP contribution < -0.4 is 10.1 Å². The van der Waals surface area contributed by atoms with E-state index in [1.807, 2.05) is 12.1 Å². The van der Waals surface area contributed by atoms with E-state index in [-0.39, 0.29) is 11.6 Å². The molecular formula is C24H15N3O5. The number of anilines is 1. The van der Waals surface area contributed by atoms with Crippen molar-refractivity contribution in [2.75, 3.05) is 5.32 Å². The van der Waals surface area contributed by atoms with Gasteiger partial charge in [-0.3, -0.25) is 19.9 Å². The fraction of sp³-hybridized carbons (Fsp3) is 0. The zero-order valence-corrected chi connectivity index (χ0v) is 16.5. The van der Waals surface area contributed by atoms with Crippen LogP contribution in [-0.2, 0) is 0 Å². The number of aliphatic imine (C=N–C) groups is 1. The summed E-state index contributed by atoms with van der Waals surface area (Å²) in [4.78, 5) is 27.5. The maximum atomic E-state index is 12.6. The number of hydrogen-bond acceptors (Lipinski definition) is 6. The van der Waals surface area contributed by atoms with E-state index in [0.29, 0.717) is 45.5 Å². The second-order valence-corrected chi connectivity index (χ2v) is 7.00. The van der Waals surface area contributed by atoms with Crippen molar-refractivity contribution in [3.8, 4) is 22.8 Å². The third-order valence-electron chi connectivity index (χ3n) is 4.87. The summed E-state index contributed by atoms with van der Waals surface area (Å²) >= 11 is 0. The minimum atomic E-state index is -0.453. The largest absolute Gasteiger partial charge is 0.455 e. The smallest absolute Gasteiger partial charge is 0.270 e. The van der Waals surface area contributed by atoms with Crippen LogP contribution in [0.5, 0.6) is 11.5 Å². The van der Waals surface area contributed by atoms with Crippen LogP contribution in [0.15, 0.2) is 88.3 Å². The van der Waals surface area contributed by atoms with E-state index in [2.05, 4.69) is 10.3 Å². The van der Waals surface area contributed by atoms with Crippen LogP contribution in [-0.4, -0.2) is 17.0 Å². The summed E-state index contributed by atoms with van der Waals surface area (Å²) in [5, 5.41) is 13.8. The SMILES string of the molecule is O=C1Nc2ccccc2Oc2ccc(N=Cc3ccc(-c4cccc([N+](=O)[O-])c4)o3)cc21. The summed E-state index contributed by atoms with van der Waals surface area (Å²) in [6, 6.07) is 21.9. The lowest BCUT2D eigenvalue weighted by atomic mass is 10.1. The van der Waals surface area contributed by atoms with Crippen LogP contribution in [0.4, 0.5) is 17.1 Å². The fourth-order valence-corrected chi connectivity index (χ4v) is 3.32. The predicted molar refractivity (Wildman–Crippen MR) is 119 cm³/mol. The van der Waals surface area contributed by atoms with Crippen molar-refractivity contribution >= 4 is 29.2 Å². The molecule has 32 heavy (non-hydrogen) atoms. The number of para-hydroxylation sites is 2. The highest BCUT2D eigenvalue weighted by Crippen LogP contribution is 2.36. The number of rotatable bonds is 4. The molecule has 0 unspecified atom stereocenters. The zero-order valence-electron chi connectivity index (χ0n) is 16.5. The first kappa shape index (κ1) is 19.3. The quantitative estimate of drug-likeness (QED) is 0.246. The average Bonchev–Trinajstić information content (AvgIpc) is 3.23. The van der Waals surface area contributed by atoms with E-state index in [4.69, 9.17) is 9.15 Å². The number of nitro groups is 1. The third-order valence-corrected chi connectivity index (χ3v) is 4.87. The topological polar surface area (TPSA) is 107 Å². The number of ether oxygens (including phenoxy) is 1. The van der Waals surface area contributed by atoms with Gasteiger partial charge in [-0.05, 0) is 42.5 Å². The number of benzene rings is 3. The summed E-state index contributed by atoms with van der Waals surface area (Å²) in [6.45, 7) is 0. The molecule has 0 bridgehead atoms. The van der Waals surface area contributed by atoms with E-state index in [1.54, 1.807) is 54.6 Å². The van der Waals surface area contributed by atoms with E-state index in [1.165, 1.54) is 18.3 Å². The Balaban J connectivity index is 1.38. The molecule has 156 valence electrons. The number of nitrogens with one attached hydrogen (secondary N) is 1. The van der Waals surface area contributed by atoms with Gasteiger partial charge in [0.2, 0.25) is 0 Å². The Morgan fingerprint density at radius 1 is 0.938 bits per heavy atom. The highest BCUT2D eigenvalue weighted by molar-refractivity contribution is 6.08. The molecule has 0 spiro atoms. The normalized spacial score (nSPS) is 12.4. The van der Waals surface area contributed by atoms with Gasteiger partial charge in [-0.2, -0.15) is 0 Å². The first-order chi connectivity index (χ1) is 15.6. The number of furan rings is 1. The van der Waals surface area contributed by atoms with Crippen molar-refractivity contribution in [3.05, 3.63) is 100 Å². The number of fused-ring (bicyclic) bond motifs is 2. The summed E-state index contributed by atoms with van der Waals surface area (Å²) < 4.78 is 11.6. The van der Waals surface area contributed by atoms with Gasteiger partial charge in [-0.1, -0.05) is 24.3 Å². The Morgan fingerprint density at radius 3 is 2.69 bits per heavy atom. The molecule has 8 nitrogen and oxygen atoms in total. The van der Waals surface area contributed by atoms with E-state index >= 15 is 0 Å². The fourth-order valence-electron chi connectivity index (χ4n) is 3.32. The highest BCUT2D eigenvalue weighted by Gasteiger charge is 2.20. The minimum Gasteiger partial charge on any atom is -0.455 e. The Morgan fingerprint density at radius 2 is 1.81 bits per heavy atom. The van der Waals surface area contributed by atoms with E-state index in [0.717, 1.165) is 0 Å². The number of hydrogen-bond donors (Lipinski definition) is 1. The Hall–Kier alpha value is -4.72. The molecule has 0 fully saturated rings. The molecule has 0 aliphatic carbocycles. The van der Waals surface area contributed by atoms with Crippen LogP contribution >= 0.6 is 0 Å². The molecule has 8 heteroatoms. The molecule has 1 aromatic heterocycles. The number of carbonyl (C=O) groups excluding carboxylic acids is 1. The Bertz CT molecular complexity index is 1390. The van der Waals surface area contributed by atoms with Crippen molar-refractivity contribution < 1.29 is 18.9 Å². The maximum absolute atomic E-state index is 12.6. The number of nitrogens with zero attached hydrogens (tertiary/aromatic N) is 2. The molecule has 0 saturated carbocycles. The molecule has 2 heterocycles. The van der Waals surface area contributed by atoms with Gasteiger partial charge in [0.15, 0.2) is 5.75 Å². The average molecular weight is 425 g/mol. The summed E-state index contributed by atoms with van der Waals surface area (Å²) in [7, 11) is 0. The van der Waals surface area contributed by atoms with Crippen molar-refractivity contribution in [2.24, 2.45) is 4.99 Å². The lowest BCUT2D eigenvalue weighted by Gasteiger charge is -2.07. The standard InChI is InChI=1S/C24H15N3O5/c28-24-19-13-16(8-10-22(19)32-23-7-2-1-6-20(23)26-24)25-14-18-9-11-21(31-18)15-4-3-5-17(12-15)27(29)30/h1-14H,(H,26,28). The van der Waals surface area contributed by atoms with Gasteiger partial charge in [0.1, 0.15) is 17.3 Å². The Labute approximate surface area is 181 Å². The van der Waals surface area contributed by atoms with Gasteiger partial charge in [0.05, 0.1) is 28.1 Å². The van der Waals surface area contributed by atoms with Gasteiger partial charge in [0.25, 0.3) is 11.6 Å². The van der Waals surface area contributed by atoms with Crippen molar-refractivity contribution in [3.63, 3.8) is 0 Å². The minimum absolute atomic E-state index is 0.0123. The molecule has 0 radical (unpaired) electrons. The molecule has 0 saturated heterocycles. The van der Waals surface area contributed by atoms with Crippen LogP contribution in [0.2, 0.25) is 0 Å². The first-order valence-corrected chi connectivity index (χ1v) is 9.68. The van der Waals surface area contributed by atoms with Gasteiger partial charge in [-0.15, -0.1) is 0 Å². The summed E-state index contributed by atoms with van der Waals surface area (Å²) in [5.74, 6) is 1.68. The molecule has 5 rings (SSSR count). The van der Waals surface area contributed by atoms with Gasteiger partial charge >= 0.3 is 0 Å². The first-order valence-electron chi connectivity index (χ1n) is 9.68. The molecule has 1 N–H and O–H groups in total. The molecule has 1 aliphatic heterocycles. The maximum Gasteiger partial charge on any atom is 0.270 e. The zero-order chi connectivity index (χ0) is 22.1. The van der Waals surface area contributed by atoms with Gasteiger partial charge < -0.3 is 14.5 Å². The van der Waals surface area contributed by atoms with Crippen molar-refractivity contribution in [1.29, 1.82) is 0 Å². The van der Waals surface area contributed by atoms with Crippen molar-refractivity contribution in [1.82, 2.24) is 0 Å². The number of nitro benzene ring substituents is 1. The number of carbonyl (C=O) groups is 1. The van der Waals surface area contributed by atoms with E-state index < -0.39 is 4.92 Å². The van der Waals surface area contributed by atoms with Crippen LogP contribution in [0.1, 0.15) is 16.1 Å². The van der Waals surface area contributed by atoms with Crippen molar-refractivity contribution in [2.45, 2.75) is 0 Å². The van der Waals surface area contributed by atoms with Gasteiger partial charge in [0, 0.05) is 17.7 Å². The lowest BCUT2D eigenvalue weighted by molar-refractivity contribution is -0.384. The highest BCUT2D eigenvalue weighted by atomic mass is 16.6. The summed E-state index contributed by atoms with van der Waals surface area (Å²) in [5.41, 5.74) is 2.09. The lowest BCUT2D eigenvalue weighted by Crippen LogP contribution is -2.10. The van der Waals surface area contributed by atoms with Crippen LogP contribution in [0, 0.1) is 10.1 Å². The number of non-ortho nitro benzene ring substituents is 1. The molecule has 4 aromatic rings. The Kier molecular flexibility index (Phi) is 4.72. The molecular weight excluding hydrogens is 410 g/mol. The molecule has 0 atom stereocenters. The second-order valence-electron chi connectivity index (χ2n) is 7.00. The second kappa shape index (κ2) is 7.84. The predicted octanol–water partition coefficient (Wildman–Crippen LogP) is 5.96. The van der Waals surface area contributed by atoms with Crippen LogP contribution in [0.25, 0.3) is 11.3 Å². The summed E-state index contributed by atoms with van der Waals surface area (Å²) in [6.07, 6.45) is 1.52. The third kappa shape index (κ3) is 3.72. The monoisotopic (exact) mass is 425 g/mol. The molecule has 1 aliphatic rings. The van der Waals surface area contributed by atoms with Crippen LogP contribution in [0.3, 0.4) is 0 Å². The molecule has 1 amide bonds.